The highest BCUT2D eigenvalue weighted by Gasteiger charge is 2.20. The molecule has 0 N–H and O–H groups in total. The van der Waals surface area contributed by atoms with E-state index in [4.69, 9.17) is 4.74 Å². The number of para-hydroxylation sites is 1. The van der Waals surface area contributed by atoms with Gasteiger partial charge in [0.1, 0.15) is 5.82 Å². The first kappa shape index (κ1) is 15.3. The Morgan fingerprint density at radius 1 is 1.33 bits per heavy atom. The van der Waals surface area contributed by atoms with Crippen LogP contribution in [0, 0.1) is 6.92 Å². The lowest BCUT2D eigenvalue weighted by Gasteiger charge is -2.24. The van der Waals surface area contributed by atoms with Crippen molar-refractivity contribution in [3.05, 3.63) is 41.6 Å². The van der Waals surface area contributed by atoms with Crippen LogP contribution in [-0.2, 0) is 4.74 Å². The number of aryl methyl sites for hydroxylation is 1. The summed E-state index contributed by atoms with van der Waals surface area (Å²) in [7, 11) is 1.67. The van der Waals surface area contributed by atoms with Crippen molar-refractivity contribution in [1.82, 2.24) is 9.78 Å². The fourth-order valence-corrected chi connectivity index (χ4v) is 2.33. The average molecular weight is 287 g/mol. The van der Waals surface area contributed by atoms with Crippen LogP contribution in [0.2, 0.25) is 0 Å². The van der Waals surface area contributed by atoms with Gasteiger partial charge in [0, 0.05) is 20.2 Å². The molecule has 0 unspecified atom stereocenters. The molecule has 0 aliphatic carbocycles. The quantitative estimate of drug-likeness (QED) is 0.734. The summed E-state index contributed by atoms with van der Waals surface area (Å²) in [5, 5.41) is 4.53. The molecule has 112 valence electrons. The van der Waals surface area contributed by atoms with E-state index in [0.717, 1.165) is 30.0 Å². The largest absolute Gasteiger partial charge is 0.383 e. The van der Waals surface area contributed by atoms with Gasteiger partial charge in [-0.05, 0) is 26.0 Å². The van der Waals surface area contributed by atoms with Crippen molar-refractivity contribution in [2.75, 3.05) is 31.7 Å². The summed E-state index contributed by atoms with van der Waals surface area (Å²) in [5.74, 6) is 0.827. The van der Waals surface area contributed by atoms with Crippen molar-refractivity contribution in [1.29, 1.82) is 0 Å². The number of nitrogens with zero attached hydrogens (tertiary/aromatic N) is 3. The van der Waals surface area contributed by atoms with E-state index in [1.807, 2.05) is 41.9 Å². The van der Waals surface area contributed by atoms with Gasteiger partial charge in [0.2, 0.25) is 0 Å². The number of anilines is 1. The van der Waals surface area contributed by atoms with Crippen LogP contribution < -0.4 is 4.90 Å². The molecule has 0 amide bonds. The van der Waals surface area contributed by atoms with Crippen LogP contribution in [0.1, 0.15) is 23.0 Å². The maximum atomic E-state index is 11.5. The smallest absolute Gasteiger partial charge is 0.155 e. The average Bonchev–Trinajstić information content (AvgIpc) is 2.86. The third-order valence-corrected chi connectivity index (χ3v) is 3.45. The zero-order valence-electron chi connectivity index (χ0n) is 12.7. The van der Waals surface area contributed by atoms with Crippen LogP contribution in [0.4, 0.5) is 5.82 Å². The molecule has 0 spiro atoms. The van der Waals surface area contributed by atoms with Crippen molar-refractivity contribution in [2.24, 2.45) is 0 Å². The van der Waals surface area contributed by atoms with E-state index < -0.39 is 0 Å². The highest BCUT2D eigenvalue weighted by atomic mass is 16.5. The molecule has 0 aliphatic heterocycles. The molecule has 1 heterocycles. The molecule has 1 aromatic heterocycles. The van der Waals surface area contributed by atoms with Crippen LogP contribution in [-0.4, -0.2) is 42.9 Å². The van der Waals surface area contributed by atoms with Gasteiger partial charge in [0.05, 0.1) is 23.6 Å². The molecule has 2 aromatic rings. The van der Waals surface area contributed by atoms with Gasteiger partial charge in [0.15, 0.2) is 6.29 Å². The van der Waals surface area contributed by atoms with Gasteiger partial charge >= 0.3 is 0 Å². The van der Waals surface area contributed by atoms with Crippen LogP contribution in [0.5, 0.6) is 0 Å². The lowest BCUT2D eigenvalue weighted by Crippen LogP contribution is -2.29. The van der Waals surface area contributed by atoms with Gasteiger partial charge in [-0.2, -0.15) is 5.10 Å². The third kappa shape index (κ3) is 3.13. The molecule has 5 nitrogen and oxygen atoms in total. The van der Waals surface area contributed by atoms with E-state index in [9.17, 15) is 4.79 Å². The predicted molar refractivity (Wildman–Crippen MR) is 83.5 cm³/mol. The molecule has 0 fully saturated rings. The Hall–Kier alpha value is -2.14. The fraction of sp³-hybridized carbons (Fsp3) is 0.375. The minimum absolute atomic E-state index is 0.602. The maximum Gasteiger partial charge on any atom is 0.155 e. The monoisotopic (exact) mass is 287 g/mol. The number of hydrogen-bond donors (Lipinski definition) is 0. The Morgan fingerprint density at radius 2 is 2.05 bits per heavy atom. The molecule has 0 bridgehead atoms. The van der Waals surface area contributed by atoms with Crippen LogP contribution >= 0.6 is 0 Å². The highest BCUT2D eigenvalue weighted by Crippen LogP contribution is 2.25. The van der Waals surface area contributed by atoms with Gasteiger partial charge in [-0.25, -0.2) is 4.68 Å². The van der Waals surface area contributed by atoms with Gasteiger partial charge < -0.3 is 9.64 Å². The zero-order valence-corrected chi connectivity index (χ0v) is 12.7. The second-order valence-corrected chi connectivity index (χ2v) is 4.76. The molecule has 21 heavy (non-hydrogen) atoms. The van der Waals surface area contributed by atoms with Gasteiger partial charge in [-0.15, -0.1) is 0 Å². The van der Waals surface area contributed by atoms with E-state index in [1.165, 1.54) is 0 Å². The highest BCUT2D eigenvalue weighted by molar-refractivity contribution is 5.85. The van der Waals surface area contributed by atoms with Crippen LogP contribution in [0.3, 0.4) is 0 Å². The number of carbonyl (C=O) groups excluding carboxylic acids is 1. The third-order valence-electron chi connectivity index (χ3n) is 3.45. The summed E-state index contributed by atoms with van der Waals surface area (Å²) in [6, 6.07) is 9.84. The Labute approximate surface area is 125 Å². The lowest BCUT2D eigenvalue weighted by atomic mass is 10.2. The summed E-state index contributed by atoms with van der Waals surface area (Å²) in [5.41, 5.74) is 2.32. The first-order valence-corrected chi connectivity index (χ1v) is 7.07. The first-order chi connectivity index (χ1) is 10.2. The Morgan fingerprint density at radius 3 is 2.62 bits per heavy atom. The number of methoxy groups -OCH3 is 1. The normalized spacial score (nSPS) is 10.6. The van der Waals surface area contributed by atoms with Gasteiger partial charge in [0.25, 0.3) is 0 Å². The van der Waals surface area contributed by atoms with E-state index >= 15 is 0 Å². The minimum atomic E-state index is 0.602. The van der Waals surface area contributed by atoms with E-state index in [-0.39, 0.29) is 0 Å². The predicted octanol–water partition coefficient (Wildman–Crippen LogP) is 2.47. The summed E-state index contributed by atoms with van der Waals surface area (Å²) in [6.45, 7) is 6.01. The molecule has 1 aromatic carbocycles. The van der Waals surface area contributed by atoms with Crippen molar-refractivity contribution in [3.63, 3.8) is 0 Å². The number of carbonyl (C=O) groups is 1. The number of likely N-dealkylation sites (N-methyl/N-ethyl adjacent to an activating group) is 1. The van der Waals surface area contributed by atoms with Crippen molar-refractivity contribution in [3.8, 4) is 5.69 Å². The van der Waals surface area contributed by atoms with Gasteiger partial charge in [-0.1, -0.05) is 18.2 Å². The first-order valence-electron chi connectivity index (χ1n) is 7.07. The molecule has 0 saturated heterocycles. The Balaban J connectivity index is 2.53. The zero-order chi connectivity index (χ0) is 15.2. The number of benzene rings is 1. The number of hydrogen-bond acceptors (Lipinski definition) is 4. The van der Waals surface area contributed by atoms with Gasteiger partial charge in [-0.3, -0.25) is 4.79 Å². The molecular weight excluding hydrogens is 266 g/mol. The topological polar surface area (TPSA) is 47.4 Å². The van der Waals surface area contributed by atoms with E-state index in [0.29, 0.717) is 18.7 Å². The standard InChI is InChI=1S/C16H21N3O2/c1-4-18(10-11-21-3)16-15(12-20)13(2)17-19(16)14-8-6-5-7-9-14/h5-9,12H,4,10-11H2,1-3H3. The summed E-state index contributed by atoms with van der Waals surface area (Å²) < 4.78 is 6.99. The second-order valence-electron chi connectivity index (χ2n) is 4.76. The maximum absolute atomic E-state index is 11.5. The van der Waals surface area contributed by atoms with Crippen LogP contribution in [0.15, 0.2) is 30.3 Å². The van der Waals surface area contributed by atoms with E-state index in [2.05, 4.69) is 16.9 Å². The summed E-state index contributed by atoms with van der Waals surface area (Å²) in [4.78, 5) is 13.6. The molecule has 0 aliphatic rings. The Kier molecular flexibility index (Phi) is 5.11. The van der Waals surface area contributed by atoms with Crippen LogP contribution in [0.25, 0.3) is 5.69 Å². The minimum Gasteiger partial charge on any atom is -0.383 e. The number of rotatable bonds is 7. The van der Waals surface area contributed by atoms with Crippen molar-refractivity contribution < 1.29 is 9.53 Å². The molecule has 0 atom stereocenters. The lowest BCUT2D eigenvalue weighted by molar-refractivity contribution is 0.112. The van der Waals surface area contributed by atoms with Crippen molar-refractivity contribution >= 4 is 12.1 Å². The molecule has 5 heteroatoms. The number of ether oxygens (including phenoxy) is 1. The Bertz CT molecular complexity index is 593. The number of aromatic nitrogens is 2. The molecule has 0 radical (unpaired) electrons. The summed E-state index contributed by atoms with van der Waals surface area (Å²) >= 11 is 0. The number of aldehydes is 1. The summed E-state index contributed by atoms with van der Waals surface area (Å²) in [6.07, 6.45) is 0.882. The van der Waals surface area contributed by atoms with Crippen molar-refractivity contribution in [2.45, 2.75) is 13.8 Å². The molecular formula is C16H21N3O2. The molecule has 0 saturated carbocycles. The van der Waals surface area contributed by atoms with E-state index in [1.54, 1.807) is 7.11 Å². The molecule has 2 rings (SSSR count). The SMILES string of the molecule is CCN(CCOC)c1c(C=O)c(C)nn1-c1ccccc1. The fourth-order valence-electron chi connectivity index (χ4n) is 2.33. The second kappa shape index (κ2) is 7.04.